The first kappa shape index (κ1) is 11.7. The molecule has 0 bridgehead atoms. The Hall–Kier alpha value is -1.42. The van der Waals surface area contributed by atoms with Crippen molar-refractivity contribution in [3.8, 4) is 0 Å². The molecule has 0 radical (unpaired) electrons. The van der Waals surface area contributed by atoms with E-state index in [2.05, 4.69) is 4.74 Å². The van der Waals surface area contributed by atoms with Crippen molar-refractivity contribution in [2.45, 2.75) is 12.3 Å². The largest absolute Gasteiger partial charge is 0.469 e. The van der Waals surface area contributed by atoms with Crippen LogP contribution in [0.1, 0.15) is 17.9 Å². The Bertz CT molecular complexity index is 324. The van der Waals surface area contributed by atoms with E-state index in [-0.39, 0.29) is 24.1 Å². The summed E-state index contributed by atoms with van der Waals surface area (Å²) in [7, 11) is 1.33. The van der Waals surface area contributed by atoms with Crippen molar-refractivity contribution in [1.82, 2.24) is 0 Å². The molecule has 1 rings (SSSR count). The SMILES string of the molecule is COC(=O)C[C@@H](CN)c1ccc(F)cc1. The summed E-state index contributed by atoms with van der Waals surface area (Å²) in [5.41, 5.74) is 6.40. The van der Waals surface area contributed by atoms with E-state index >= 15 is 0 Å². The summed E-state index contributed by atoms with van der Waals surface area (Å²) in [6.45, 7) is 0.334. The van der Waals surface area contributed by atoms with Crippen LogP contribution in [-0.2, 0) is 9.53 Å². The van der Waals surface area contributed by atoms with Gasteiger partial charge in [-0.05, 0) is 24.2 Å². The summed E-state index contributed by atoms with van der Waals surface area (Å²) < 4.78 is 17.2. The highest BCUT2D eigenvalue weighted by atomic mass is 19.1. The number of rotatable bonds is 4. The molecule has 0 spiro atoms. The van der Waals surface area contributed by atoms with Gasteiger partial charge in [-0.3, -0.25) is 4.79 Å². The molecule has 0 aliphatic rings. The number of carbonyl (C=O) groups excluding carboxylic acids is 1. The molecule has 0 unspecified atom stereocenters. The average molecular weight is 211 g/mol. The van der Waals surface area contributed by atoms with Crippen LogP contribution in [0.5, 0.6) is 0 Å². The molecule has 15 heavy (non-hydrogen) atoms. The average Bonchev–Trinajstić information content (AvgIpc) is 2.27. The molecule has 3 nitrogen and oxygen atoms in total. The molecule has 4 heteroatoms. The van der Waals surface area contributed by atoms with Gasteiger partial charge in [0.15, 0.2) is 0 Å². The smallest absolute Gasteiger partial charge is 0.306 e. The van der Waals surface area contributed by atoms with Crippen molar-refractivity contribution >= 4 is 5.97 Å². The second-order valence-corrected chi connectivity index (χ2v) is 3.26. The molecule has 0 heterocycles. The first-order valence-corrected chi connectivity index (χ1v) is 4.69. The molecule has 1 atom stereocenters. The predicted octanol–water partition coefficient (Wildman–Crippen LogP) is 1.43. The fraction of sp³-hybridized carbons (Fsp3) is 0.364. The lowest BCUT2D eigenvalue weighted by Crippen LogP contribution is -2.17. The summed E-state index contributed by atoms with van der Waals surface area (Å²) in [6, 6.07) is 5.98. The van der Waals surface area contributed by atoms with Gasteiger partial charge in [0.05, 0.1) is 13.5 Å². The third kappa shape index (κ3) is 3.32. The van der Waals surface area contributed by atoms with Gasteiger partial charge < -0.3 is 10.5 Å². The van der Waals surface area contributed by atoms with E-state index in [4.69, 9.17) is 5.73 Å². The highest BCUT2D eigenvalue weighted by molar-refractivity contribution is 5.70. The zero-order valence-corrected chi connectivity index (χ0v) is 8.57. The number of hydrogen-bond acceptors (Lipinski definition) is 3. The quantitative estimate of drug-likeness (QED) is 0.766. The lowest BCUT2D eigenvalue weighted by atomic mass is 9.96. The number of benzene rings is 1. The van der Waals surface area contributed by atoms with Crippen LogP contribution in [-0.4, -0.2) is 19.6 Å². The summed E-state index contributed by atoms with van der Waals surface area (Å²) in [4.78, 5) is 11.1. The highest BCUT2D eigenvalue weighted by Crippen LogP contribution is 2.19. The Balaban J connectivity index is 2.74. The fourth-order valence-corrected chi connectivity index (χ4v) is 1.36. The third-order valence-corrected chi connectivity index (χ3v) is 2.27. The number of carbonyl (C=O) groups is 1. The molecular weight excluding hydrogens is 197 g/mol. The van der Waals surface area contributed by atoms with E-state index in [1.165, 1.54) is 19.2 Å². The van der Waals surface area contributed by atoms with Crippen LogP contribution in [0.15, 0.2) is 24.3 Å². The first-order valence-electron chi connectivity index (χ1n) is 4.69. The topological polar surface area (TPSA) is 52.3 Å². The molecule has 0 aromatic heterocycles. The molecule has 0 amide bonds. The molecule has 1 aromatic carbocycles. The van der Waals surface area contributed by atoms with Crippen molar-refractivity contribution < 1.29 is 13.9 Å². The summed E-state index contributed by atoms with van der Waals surface area (Å²) in [5.74, 6) is -0.722. The maximum Gasteiger partial charge on any atom is 0.306 e. The summed E-state index contributed by atoms with van der Waals surface area (Å²) in [5, 5.41) is 0. The number of halogens is 1. The van der Waals surface area contributed by atoms with Gasteiger partial charge in [0.25, 0.3) is 0 Å². The minimum absolute atomic E-state index is 0.113. The van der Waals surface area contributed by atoms with Crippen molar-refractivity contribution in [2.75, 3.05) is 13.7 Å². The van der Waals surface area contributed by atoms with Crippen LogP contribution in [0.2, 0.25) is 0 Å². The molecule has 0 aliphatic carbocycles. The van der Waals surface area contributed by atoms with Gasteiger partial charge >= 0.3 is 5.97 Å². The van der Waals surface area contributed by atoms with E-state index < -0.39 is 0 Å². The number of esters is 1. The van der Waals surface area contributed by atoms with E-state index in [1.54, 1.807) is 12.1 Å². The summed E-state index contributed by atoms with van der Waals surface area (Å²) >= 11 is 0. The van der Waals surface area contributed by atoms with Crippen molar-refractivity contribution in [3.63, 3.8) is 0 Å². The van der Waals surface area contributed by atoms with Crippen LogP contribution < -0.4 is 5.73 Å². The van der Waals surface area contributed by atoms with E-state index in [0.29, 0.717) is 6.54 Å². The highest BCUT2D eigenvalue weighted by Gasteiger charge is 2.14. The molecule has 0 fully saturated rings. The Morgan fingerprint density at radius 2 is 2.07 bits per heavy atom. The van der Waals surface area contributed by atoms with Gasteiger partial charge in [-0.2, -0.15) is 0 Å². The van der Waals surface area contributed by atoms with E-state index in [9.17, 15) is 9.18 Å². The van der Waals surface area contributed by atoms with Crippen molar-refractivity contribution in [3.05, 3.63) is 35.6 Å². The molecule has 82 valence electrons. The molecular formula is C11H14FNO2. The molecule has 1 aromatic rings. The standard InChI is InChI=1S/C11H14FNO2/c1-15-11(14)6-9(7-13)8-2-4-10(12)5-3-8/h2-5,9H,6-7,13H2,1H3/t9-/m0/s1. The minimum atomic E-state index is -0.310. The molecule has 0 saturated heterocycles. The minimum Gasteiger partial charge on any atom is -0.469 e. The first-order chi connectivity index (χ1) is 7.17. The van der Waals surface area contributed by atoms with Crippen molar-refractivity contribution in [2.24, 2.45) is 5.73 Å². The normalized spacial score (nSPS) is 12.2. The van der Waals surface area contributed by atoms with Crippen LogP contribution >= 0.6 is 0 Å². The van der Waals surface area contributed by atoms with Crippen LogP contribution in [0, 0.1) is 5.82 Å². The van der Waals surface area contributed by atoms with Crippen LogP contribution in [0.4, 0.5) is 4.39 Å². The van der Waals surface area contributed by atoms with Gasteiger partial charge in [0.2, 0.25) is 0 Å². The van der Waals surface area contributed by atoms with Crippen LogP contribution in [0.3, 0.4) is 0 Å². The Kier molecular flexibility index (Phi) is 4.24. The van der Waals surface area contributed by atoms with E-state index in [0.717, 1.165) is 5.56 Å². The zero-order chi connectivity index (χ0) is 11.3. The van der Waals surface area contributed by atoms with Gasteiger partial charge in [-0.15, -0.1) is 0 Å². The molecule has 0 saturated carbocycles. The maximum absolute atomic E-state index is 12.7. The number of nitrogens with two attached hydrogens (primary N) is 1. The van der Waals surface area contributed by atoms with E-state index in [1.807, 2.05) is 0 Å². The number of ether oxygens (including phenoxy) is 1. The molecule has 0 aliphatic heterocycles. The number of hydrogen-bond donors (Lipinski definition) is 1. The Morgan fingerprint density at radius 3 is 2.53 bits per heavy atom. The van der Waals surface area contributed by atoms with Gasteiger partial charge in [-0.25, -0.2) is 4.39 Å². The van der Waals surface area contributed by atoms with Crippen LogP contribution in [0.25, 0.3) is 0 Å². The zero-order valence-electron chi connectivity index (χ0n) is 8.57. The second kappa shape index (κ2) is 5.46. The maximum atomic E-state index is 12.7. The molecule has 2 N–H and O–H groups in total. The second-order valence-electron chi connectivity index (χ2n) is 3.26. The van der Waals surface area contributed by atoms with Crippen molar-refractivity contribution in [1.29, 1.82) is 0 Å². The Labute approximate surface area is 88.0 Å². The predicted molar refractivity (Wildman–Crippen MR) is 54.8 cm³/mol. The third-order valence-electron chi connectivity index (χ3n) is 2.27. The monoisotopic (exact) mass is 211 g/mol. The summed E-state index contributed by atoms with van der Waals surface area (Å²) in [6.07, 6.45) is 0.221. The number of methoxy groups -OCH3 is 1. The van der Waals surface area contributed by atoms with Gasteiger partial charge in [0.1, 0.15) is 5.82 Å². The van der Waals surface area contributed by atoms with Gasteiger partial charge in [0, 0.05) is 5.92 Å². The fourth-order valence-electron chi connectivity index (χ4n) is 1.36. The Morgan fingerprint density at radius 1 is 1.47 bits per heavy atom. The lowest BCUT2D eigenvalue weighted by Gasteiger charge is -2.13. The lowest BCUT2D eigenvalue weighted by molar-refractivity contribution is -0.141. The van der Waals surface area contributed by atoms with Gasteiger partial charge in [-0.1, -0.05) is 12.1 Å².